The molecule has 1 aliphatic rings. The SMILES string of the molecule is C=C(/C=C\C(=C)C(F)(F)F)OCC(=O)NC1CCCCC1. The van der Waals surface area contributed by atoms with Crippen LogP contribution in [0.15, 0.2) is 36.6 Å². The minimum absolute atomic E-state index is 0.0146. The summed E-state index contributed by atoms with van der Waals surface area (Å²) in [4.78, 5) is 11.6. The van der Waals surface area contributed by atoms with E-state index in [1.165, 1.54) is 6.42 Å². The lowest BCUT2D eigenvalue weighted by Gasteiger charge is -2.22. The van der Waals surface area contributed by atoms with Crippen LogP contribution in [0.1, 0.15) is 32.1 Å². The molecule has 1 fully saturated rings. The summed E-state index contributed by atoms with van der Waals surface area (Å²) < 4.78 is 41.6. The summed E-state index contributed by atoms with van der Waals surface area (Å²) in [6, 6.07) is 0.170. The number of hydrogen-bond acceptors (Lipinski definition) is 2. The van der Waals surface area contributed by atoms with Gasteiger partial charge in [-0.05, 0) is 25.0 Å². The highest BCUT2D eigenvalue weighted by molar-refractivity contribution is 5.77. The Morgan fingerprint density at radius 2 is 1.81 bits per heavy atom. The van der Waals surface area contributed by atoms with Crippen LogP contribution in [0.4, 0.5) is 13.2 Å². The quantitative estimate of drug-likeness (QED) is 0.601. The fourth-order valence-electron chi connectivity index (χ4n) is 2.01. The molecule has 0 aliphatic heterocycles. The molecule has 0 aromatic heterocycles. The van der Waals surface area contributed by atoms with Gasteiger partial charge in [-0.25, -0.2) is 0 Å². The highest BCUT2D eigenvalue weighted by Gasteiger charge is 2.29. The van der Waals surface area contributed by atoms with Crippen LogP contribution in [0, 0.1) is 0 Å². The van der Waals surface area contributed by atoms with E-state index < -0.39 is 11.7 Å². The van der Waals surface area contributed by atoms with Crippen molar-refractivity contribution in [2.45, 2.75) is 44.3 Å². The van der Waals surface area contributed by atoms with Gasteiger partial charge in [-0.3, -0.25) is 4.79 Å². The van der Waals surface area contributed by atoms with Gasteiger partial charge in [-0.2, -0.15) is 13.2 Å². The monoisotopic (exact) mass is 303 g/mol. The lowest BCUT2D eigenvalue weighted by atomic mass is 9.95. The summed E-state index contributed by atoms with van der Waals surface area (Å²) in [7, 11) is 0. The maximum atomic E-state index is 12.2. The van der Waals surface area contributed by atoms with E-state index in [-0.39, 0.29) is 24.3 Å². The molecule has 0 aromatic rings. The molecule has 0 atom stereocenters. The first-order chi connectivity index (χ1) is 9.79. The van der Waals surface area contributed by atoms with E-state index in [1.54, 1.807) is 0 Å². The smallest absolute Gasteiger partial charge is 0.415 e. The van der Waals surface area contributed by atoms with Crippen LogP contribution in [0.2, 0.25) is 0 Å². The van der Waals surface area contributed by atoms with E-state index in [0.29, 0.717) is 0 Å². The molecule has 0 unspecified atom stereocenters. The average molecular weight is 303 g/mol. The van der Waals surface area contributed by atoms with Crippen molar-refractivity contribution in [2.24, 2.45) is 0 Å². The molecule has 1 saturated carbocycles. The van der Waals surface area contributed by atoms with Gasteiger partial charge < -0.3 is 10.1 Å². The molecule has 118 valence electrons. The number of amides is 1. The summed E-state index contributed by atoms with van der Waals surface area (Å²) >= 11 is 0. The van der Waals surface area contributed by atoms with Crippen molar-refractivity contribution in [2.75, 3.05) is 6.61 Å². The molecular formula is C15H20F3NO2. The first-order valence-corrected chi connectivity index (χ1v) is 6.84. The molecule has 1 aliphatic carbocycles. The predicted octanol–water partition coefficient (Wildman–Crippen LogP) is 3.64. The number of rotatable bonds is 6. The average Bonchev–Trinajstić information content (AvgIpc) is 2.42. The van der Waals surface area contributed by atoms with Gasteiger partial charge in [0.25, 0.3) is 5.91 Å². The molecule has 0 radical (unpaired) electrons. The summed E-state index contributed by atoms with van der Waals surface area (Å²) in [6.07, 6.45) is 2.63. The van der Waals surface area contributed by atoms with Crippen molar-refractivity contribution in [3.05, 3.63) is 36.6 Å². The molecule has 1 rings (SSSR count). The third kappa shape index (κ3) is 7.02. The Hall–Kier alpha value is -1.72. The van der Waals surface area contributed by atoms with Crippen LogP contribution in [0.5, 0.6) is 0 Å². The molecule has 3 nitrogen and oxygen atoms in total. The van der Waals surface area contributed by atoms with Gasteiger partial charge in [0, 0.05) is 11.6 Å². The standard InChI is InChI=1S/C15H20F3NO2/c1-11(15(16,17)18)8-9-12(2)21-10-14(20)19-13-6-4-3-5-7-13/h8-9,13H,1-7,10H2,(H,19,20)/b9-8-. The molecule has 0 aromatic carbocycles. The molecule has 1 amide bonds. The number of alkyl halides is 3. The highest BCUT2D eigenvalue weighted by Crippen LogP contribution is 2.25. The number of carbonyl (C=O) groups is 1. The fraction of sp³-hybridized carbons (Fsp3) is 0.533. The molecule has 6 heteroatoms. The summed E-state index contributed by atoms with van der Waals surface area (Å²) in [5.74, 6) is -0.301. The van der Waals surface area contributed by atoms with E-state index in [4.69, 9.17) is 4.74 Å². The minimum atomic E-state index is -4.48. The summed E-state index contributed by atoms with van der Waals surface area (Å²) in [6.45, 7) is 6.06. The lowest BCUT2D eigenvalue weighted by molar-refractivity contribution is -0.125. The third-order valence-electron chi connectivity index (χ3n) is 3.19. The summed E-state index contributed by atoms with van der Waals surface area (Å²) in [5.41, 5.74) is -1.00. The Bertz CT molecular complexity index is 421. The minimum Gasteiger partial charge on any atom is -0.484 e. The van der Waals surface area contributed by atoms with E-state index in [0.717, 1.165) is 37.8 Å². The number of carbonyl (C=O) groups excluding carboxylic acids is 1. The number of halogens is 3. The van der Waals surface area contributed by atoms with E-state index >= 15 is 0 Å². The van der Waals surface area contributed by atoms with Crippen LogP contribution in [-0.4, -0.2) is 24.7 Å². The van der Waals surface area contributed by atoms with Gasteiger partial charge in [0.1, 0.15) is 5.76 Å². The Labute approximate surface area is 122 Å². The van der Waals surface area contributed by atoms with Gasteiger partial charge in [0.15, 0.2) is 6.61 Å². The van der Waals surface area contributed by atoms with E-state index in [9.17, 15) is 18.0 Å². The van der Waals surface area contributed by atoms with Crippen molar-refractivity contribution < 1.29 is 22.7 Å². The zero-order valence-electron chi connectivity index (χ0n) is 11.8. The lowest BCUT2D eigenvalue weighted by Crippen LogP contribution is -2.38. The zero-order chi connectivity index (χ0) is 15.9. The molecule has 21 heavy (non-hydrogen) atoms. The van der Waals surface area contributed by atoms with Gasteiger partial charge in [0.2, 0.25) is 0 Å². The third-order valence-corrected chi connectivity index (χ3v) is 3.19. The van der Waals surface area contributed by atoms with E-state index in [2.05, 4.69) is 18.5 Å². The van der Waals surface area contributed by atoms with Crippen LogP contribution in [0.3, 0.4) is 0 Å². The Morgan fingerprint density at radius 1 is 1.19 bits per heavy atom. The van der Waals surface area contributed by atoms with Gasteiger partial charge in [-0.15, -0.1) is 0 Å². The normalized spacial score (nSPS) is 16.7. The van der Waals surface area contributed by atoms with Gasteiger partial charge >= 0.3 is 6.18 Å². The largest absolute Gasteiger partial charge is 0.484 e. The maximum Gasteiger partial charge on any atom is 0.415 e. The Morgan fingerprint density at radius 3 is 2.38 bits per heavy atom. The predicted molar refractivity (Wildman–Crippen MR) is 74.4 cm³/mol. The fourth-order valence-corrected chi connectivity index (χ4v) is 2.01. The maximum absolute atomic E-state index is 12.2. The van der Waals surface area contributed by atoms with Crippen molar-refractivity contribution in [1.82, 2.24) is 5.32 Å². The first kappa shape index (κ1) is 17.3. The molecule has 0 spiro atoms. The number of ether oxygens (including phenoxy) is 1. The molecule has 0 heterocycles. The highest BCUT2D eigenvalue weighted by atomic mass is 19.4. The first-order valence-electron chi connectivity index (χ1n) is 6.84. The van der Waals surface area contributed by atoms with Crippen molar-refractivity contribution in [1.29, 1.82) is 0 Å². The Balaban J connectivity index is 2.27. The van der Waals surface area contributed by atoms with Crippen molar-refractivity contribution >= 4 is 5.91 Å². The van der Waals surface area contributed by atoms with Gasteiger partial charge in [-0.1, -0.05) is 32.4 Å². The molecule has 0 bridgehead atoms. The molecule has 0 saturated heterocycles. The van der Waals surface area contributed by atoms with Crippen LogP contribution in [0.25, 0.3) is 0 Å². The second-order valence-electron chi connectivity index (χ2n) is 5.01. The summed E-state index contributed by atoms with van der Waals surface area (Å²) in [5, 5.41) is 2.84. The van der Waals surface area contributed by atoms with Crippen LogP contribution >= 0.6 is 0 Å². The second kappa shape index (κ2) is 7.90. The van der Waals surface area contributed by atoms with Crippen molar-refractivity contribution in [3.8, 4) is 0 Å². The Kier molecular flexibility index (Phi) is 6.52. The van der Waals surface area contributed by atoms with Crippen molar-refractivity contribution in [3.63, 3.8) is 0 Å². The number of allylic oxidation sites excluding steroid dienone is 3. The molecule has 1 N–H and O–H groups in total. The zero-order valence-corrected chi connectivity index (χ0v) is 11.8. The topological polar surface area (TPSA) is 38.3 Å². The van der Waals surface area contributed by atoms with Crippen LogP contribution in [-0.2, 0) is 9.53 Å². The van der Waals surface area contributed by atoms with E-state index in [1.807, 2.05) is 0 Å². The molecular weight excluding hydrogens is 283 g/mol. The second-order valence-corrected chi connectivity index (χ2v) is 5.01. The van der Waals surface area contributed by atoms with Crippen LogP contribution < -0.4 is 5.32 Å². The van der Waals surface area contributed by atoms with Gasteiger partial charge in [0.05, 0.1) is 0 Å². The number of hydrogen-bond donors (Lipinski definition) is 1. The number of nitrogens with one attached hydrogen (secondary N) is 1.